The summed E-state index contributed by atoms with van der Waals surface area (Å²) in [6, 6.07) is 98.2. The molecule has 110 heavy (non-hydrogen) atoms. The van der Waals surface area contributed by atoms with Crippen LogP contribution in [0.15, 0.2) is 347 Å². The predicted molar refractivity (Wildman–Crippen MR) is 458 cm³/mol. The Kier molecular flexibility index (Phi) is 35.5. The molecule has 15 rings (SSSR count). The Bertz CT molecular complexity index is 4520. The molecule has 14 nitrogen and oxygen atoms in total. The number of carbonyl (C=O) groups is 3. The molecule has 0 bridgehead atoms. The zero-order valence-corrected chi connectivity index (χ0v) is 66.5. The van der Waals surface area contributed by atoms with Gasteiger partial charge in [0.05, 0.1) is 5.76 Å². The smallest absolute Gasteiger partial charge is 0.513 e. The van der Waals surface area contributed by atoms with Crippen molar-refractivity contribution in [3.8, 4) is 17.2 Å². The molecule has 2 aliphatic rings. The number of Topliss-reactive ketones (excluding diaryl/α,β-unsaturated/α-hetero) is 3. The Morgan fingerprint density at radius 2 is 0.873 bits per heavy atom. The molecule has 0 saturated carbocycles. The van der Waals surface area contributed by atoms with Gasteiger partial charge in [0.15, 0.2) is 17.3 Å². The van der Waals surface area contributed by atoms with Crippen LogP contribution in [0.4, 0.5) is 11.4 Å². The number of anilines is 2. The van der Waals surface area contributed by atoms with Crippen molar-refractivity contribution < 1.29 is 33.1 Å². The van der Waals surface area contributed by atoms with E-state index in [1.54, 1.807) is 36.9 Å². The first kappa shape index (κ1) is 84.0. The van der Waals surface area contributed by atoms with Crippen LogP contribution in [0.25, 0.3) is 0 Å². The van der Waals surface area contributed by atoms with E-state index < -0.39 is 24.4 Å². The Morgan fingerprint density at radius 3 is 1.21 bits per heavy atom. The first-order chi connectivity index (χ1) is 53.5. The summed E-state index contributed by atoms with van der Waals surface area (Å²) in [6.45, 7) is 16.4. The van der Waals surface area contributed by atoms with Crippen molar-refractivity contribution in [3.63, 3.8) is 0 Å². The number of nitrogens with zero attached hydrogens (tertiary/aromatic N) is 7. The van der Waals surface area contributed by atoms with Crippen LogP contribution in [0, 0.1) is 20.8 Å². The van der Waals surface area contributed by atoms with Crippen molar-refractivity contribution in [3.05, 3.63) is 392 Å². The maximum Gasteiger partial charge on any atom is 0.530 e. The number of hydrogen-bond donors (Lipinski definition) is 1. The van der Waals surface area contributed by atoms with E-state index in [0.717, 1.165) is 16.8 Å². The highest BCUT2D eigenvalue weighted by Crippen LogP contribution is 2.42. The summed E-state index contributed by atoms with van der Waals surface area (Å²) in [5, 5.41) is 16.2. The number of carbonyl (C=O) groups excluding carboxylic acids is 3. The molecular formula is C93H96N7O7P3. The molecule has 0 saturated heterocycles. The topological polar surface area (TPSA) is 170 Å². The lowest BCUT2D eigenvalue weighted by atomic mass is 9.95. The molecule has 13 aromatic rings. The molecular weight excluding hydrogens is 1420 g/mol. The number of allylic oxidation sites excluding steroid dienone is 1. The van der Waals surface area contributed by atoms with Crippen molar-refractivity contribution in [1.29, 1.82) is 0 Å². The lowest BCUT2D eigenvalue weighted by molar-refractivity contribution is 0.1000. The van der Waals surface area contributed by atoms with Crippen molar-refractivity contribution in [2.24, 2.45) is 0 Å². The monoisotopic (exact) mass is 1520 g/mol. The van der Waals surface area contributed by atoms with Gasteiger partial charge >= 0.3 is 8.60 Å². The molecule has 17 heteroatoms. The molecule has 0 amide bonds. The number of aliphatic hydroxyl groups is 1. The van der Waals surface area contributed by atoms with Crippen molar-refractivity contribution in [2.45, 2.75) is 67.2 Å². The average molecular weight is 1520 g/mol. The highest BCUT2D eigenvalue weighted by Gasteiger charge is 2.24. The maximum atomic E-state index is 10.8. The van der Waals surface area contributed by atoms with E-state index in [9.17, 15) is 19.5 Å². The van der Waals surface area contributed by atoms with Gasteiger partial charge in [-0.15, -0.1) is 0 Å². The number of aromatic nitrogens is 5. The summed E-state index contributed by atoms with van der Waals surface area (Å²) in [6.07, 6.45) is 16.6. The minimum atomic E-state index is -1.59. The molecule has 5 aromatic heterocycles. The largest absolute Gasteiger partial charge is 0.530 e. The molecule has 0 unspecified atom stereocenters. The van der Waals surface area contributed by atoms with Gasteiger partial charge in [-0.3, -0.25) is 39.3 Å². The fourth-order valence-corrected chi connectivity index (χ4v) is 16.6. The lowest BCUT2D eigenvalue weighted by Gasteiger charge is -2.36. The number of hydrogen-bond acceptors (Lipinski definition) is 14. The molecule has 7 heterocycles. The van der Waals surface area contributed by atoms with Crippen molar-refractivity contribution in [1.82, 2.24) is 24.9 Å². The van der Waals surface area contributed by atoms with E-state index in [1.807, 2.05) is 210 Å². The number of rotatable bonds is 17. The Labute approximate surface area is 653 Å². The average Bonchev–Trinajstić information content (AvgIpc) is 0.797. The number of benzene rings is 8. The van der Waals surface area contributed by atoms with Gasteiger partial charge in [0, 0.05) is 108 Å². The van der Waals surface area contributed by atoms with Crippen LogP contribution in [-0.2, 0) is 12.8 Å². The first-order valence-corrected chi connectivity index (χ1v) is 40.2. The number of pyridine rings is 5. The molecule has 8 aromatic carbocycles. The van der Waals surface area contributed by atoms with Crippen LogP contribution in [0.3, 0.4) is 0 Å². The van der Waals surface area contributed by atoms with Crippen LogP contribution in [0.2, 0.25) is 0 Å². The van der Waals surface area contributed by atoms with Crippen LogP contribution >= 0.6 is 24.4 Å². The highest BCUT2D eigenvalue weighted by atomic mass is 31.2. The van der Waals surface area contributed by atoms with E-state index in [4.69, 9.17) is 13.6 Å². The molecule has 1 N–H and O–H groups in total. The first-order valence-electron chi connectivity index (χ1n) is 36.3. The van der Waals surface area contributed by atoms with Crippen LogP contribution in [-0.4, -0.2) is 80.7 Å². The number of ketones is 3. The van der Waals surface area contributed by atoms with Crippen LogP contribution < -0.4 is 49.9 Å². The standard InChI is InChI=1S/C18H15O3P.C18H15P.C15H15OP.C11H14N2.3C8H9NO.C7H10N2/c1-4-10-16(11-5-1)19-22(20-17-12-6-2-7-13-17)21-18-14-8-3-9-15-18;1-4-10-16(11-5-1)19(17-12-6-2-7-13-17)18-14-8-3-9-15-18;1-13(16)12-17(14-8-4-2-5-9-14)15-10-6-3-7-11-15;1-3-9-7-12-8-10-4-2-6-13(5-1)11(9)10;1-6-3-4-9-8(5-6)7(2)10;1-6-4-3-5-9-8(6)7(2)10;1-6-4-3-5-8(9-6)7(2)10;1-9(2)7-3-5-8-6-4-7/h1-15H;1-15H;2-11,16H,1,12H2;7-8H,1-6H2;3*3-5H,1-2H3;3-6H,1-2H3. The third kappa shape index (κ3) is 29.2. The Hall–Kier alpha value is -11.7. The molecule has 0 aliphatic carbocycles. The normalized spacial score (nSPS) is 11.1. The Balaban J connectivity index is 0.000000161. The van der Waals surface area contributed by atoms with Gasteiger partial charge in [-0.2, -0.15) is 0 Å². The summed E-state index contributed by atoms with van der Waals surface area (Å²) in [5.41, 5.74) is 10.2. The van der Waals surface area contributed by atoms with E-state index in [1.165, 1.54) is 109 Å². The second-order valence-electron chi connectivity index (χ2n) is 25.4. The summed E-state index contributed by atoms with van der Waals surface area (Å²) in [7, 11) is 1.44. The summed E-state index contributed by atoms with van der Waals surface area (Å²) in [5.74, 6) is 2.44. The Morgan fingerprint density at radius 1 is 0.455 bits per heavy atom. The summed E-state index contributed by atoms with van der Waals surface area (Å²) >= 11 is 0. The van der Waals surface area contributed by atoms with Gasteiger partial charge in [0.2, 0.25) is 0 Å². The van der Waals surface area contributed by atoms with Crippen molar-refractivity contribution >= 4 is 79.7 Å². The zero-order valence-electron chi connectivity index (χ0n) is 63.8. The van der Waals surface area contributed by atoms with Gasteiger partial charge < -0.3 is 28.5 Å². The quantitative estimate of drug-likeness (QED) is 0.0519. The van der Waals surface area contributed by atoms with Crippen LogP contribution in [0.5, 0.6) is 17.2 Å². The molecule has 0 atom stereocenters. The molecule has 2 aliphatic heterocycles. The number of aliphatic hydroxyl groups excluding tert-OH is 1. The molecule has 0 spiro atoms. The second-order valence-corrected chi connectivity index (χ2v) is 30.8. The minimum Gasteiger partial charge on any atom is -0.513 e. The SMILES string of the molecule is C=C(O)CP(c1ccccc1)c1ccccc1.CC(=O)c1cc(C)ccn1.CC(=O)c1cccc(C)n1.CC(=O)c1ncccc1C.CN(C)c1ccncc1.c1ccc(OP(Oc2ccccc2)Oc2ccccc2)cc1.c1ccc(P(c2ccccc2)c2ccccc2)cc1.c1ncc2c3c1CCCN3CCC2. The number of para-hydroxylation sites is 3. The second kappa shape index (κ2) is 46.5. The fraction of sp³-hybridized carbons (Fsp3) is 0.161. The maximum absolute atomic E-state index is 10.8. The molecule has 0 radical (unpaired) electrons. The lowest BCUT2D eigenvalue weighted by Crippen LogP contribution is -2.34. The van der Waals surface area contributed by atoms with Gasteiger partial charge in [-0.25, -0.2) is 0 Å². The predicted octanol–water partition coefficient (Wildman–Crippen LogP) is 19.8. The summed E-state index contributed by atoms with van der Waals surface area (Å²) < 4.78 is 17.5. The van der Waals surface area contributed by atoms with E-state index in [2.05, 4.69) is 164 Å². The van der Waals surface area contributed by atoms with E-state index in [-0.39, 0.29) is 23.1 Å². The third-order valence-corrected chi connectivity index (χ3v) is 22.5. The molecule has 0 fully saturated rings. The van der Waals surface area contributed by atoms with Crippen LogP contribution in [0.1, 0.15) is 93.0 Å². The molecule has 560 valence electrons. The van der Waals surface area contributed by atoms with Crippen molar-refractivity contribution in [2.75, 3.05) is 43.1 Å². The minimum absolute atomic E-state index is 0.0173. The van der Waals surface area contributed by atoms with Gasteiger partial charge in [-0.05, 0) is 190 Å². The van der Waals surface area contributed by atoms with Gasteiger partial charge in [-0.1, -0.05) is 225 Å². The summed E-state index contributed by atoms with van der Waals surface area (Å²) in [4.78, 5) is 56.9. The number of aryl methyl sites for hydroxylation is 5. The van der Waals surface area contributed by atoms with Gasteiger partial charge in [0.1, 0.15) is 34.3 Å². The highest BCUT2D eigenvalue weighted by molar-refractivity contribution is 7.79. The van der Waals surface area contributed by atoms with E-state index in [0.29, 0.717) is 40.5 Å². The van der Waals surface area contributed by atoms with Gasteiger partial charge in [0.25, 0.3) is 0 Å². The fourth-order valence-electron chi connectivity index (χ4n) is 11.2. The third-order valence-electron chi connectivity index (χ3n) is 16.5. The zero-order chi connectivity index (χ0) is 78.1. The van der Waals surface area contributed by atoms with E-state index >= 15 is 0 Å².